The molecule has 148 valence electrons. The molecule has 0 saturated carbocycles. The number of hydrogen-bond donors (Lipinski definition) is 3. The number of H-pyrrole nitrogens is 1. The third-order valence-electron chi connectivity index (χ3n) is 4.82. The maximum Gasteiger partial charge on any atom is 0.216 e. The molecule has 0 atom stereocenters. The van der Waals surface area contributed by atoms with Gasteiger partial charge in [-0.15, -0.1) is 5.10 Å². The van der Waals surface area contributed by atoms with Crippen molar-refractivity contribution < 1.29 is 4.42 Å². The highest BCUT2D eigenvalue weighted by molar-refractivity contribution is 5.79. The molecule has 2 aromatic rings. The van der Waals surface area contributed by atoms with E-state index in [1.807, 2.05) is 12.1 Å². The van der Waals surface area contributed by atoms with Gasteiger partial charge in [0.05, 0.1) is 6.26 Å². The van der Waals surface area contributed by atoms with E-state index in [4.69, 9.17) is 4.42 Å². The fourth-order valence-corrected chi connectivity index (χ4v) is 3.17. The second-order valence-corrected chi connectivity index (χ2v) is 7.08. The molecule has 0 unspecified atom stereocenters. The first-order valence-electron chi connectivity index (χ1n) is 9.94. The number of nitrogens with zero attached hydrogens (tertiary/aromatic N) is 4. The summed E-state index contributed by atoms with van der Waals surface area (Å²) in [6.07, 6.45) is 5.38. The third kappa shape index (κ3) is 6.09. The molecule has 1 aliphatic rings. The van der Waals surface area contributed by atoms with E-state index >= 15 is 0 Å². The molecule has 0 aromatic carbocycles. The lowest BCUT2D eigenvalue weighted by Crippen LogP contribution is -2.39. The Balaban J connectivity index is 1.42. The normalized spacial score (nSPS) is 16.6. The lowest BCUT2D eigenvalue weighted by atomic mass is 9.99. The summed E-state index contributed by atoms with van der Waals surface area (Å²) in [6.45, 7) is 10.2. The van der Waals surface area contributed by atoms with E-state index in [2.05, 4.69) is 49.6 Å². The molecule has 0 bridgehead atoms. The van der Waals surface area contributed by atoms with Crippen molar-refractivity contribution in [2.75, 3.05) is 32.7 Å². The van der Waals surface area contributed by atoms with Crippen molar-refractivity contribution in [1.29, 1.82) is 0 Å². The average molecular weight is 374 g/mol. The third-order valence-corrected chi connectivity index (χ3v) is 4.82. The van der Waals surface area contributed by atoms with Crippen LogP contribution < -0.4 is 10.6 Å². The molecule has 1 aliphatic heterocycles. The van der Waals surface area contributed by atoms with Gasteiger partial charge in [0.15, 0.2) is 11.7 Å². The summed E-state index contributed by atoms with van der Waals surface area (Å²) < 4.78 is 5.31. The van der Waals surface area contributed by atoms with E-state index in [9.17, 15) is 0 Å². The van der Waals surface area contributed by atoms with Crippen LogP contribution in [0.3, 0.4) is 0 Å². The van der Waals surface area contributed by atoms with Crippen LogP contribution in [-0.2, 0) is 6.54 Å². The topological polar surface area (TPSA) is 94.4 Å². The first kappa shape index (κ1) is 19.4. The molecular formula is C19H31N7O. The van der Waals surface area contributed by atoms with Crippen LogP contribution in [0.15, 0.2) is 27.8 Å². The van der Waals surface area contributed by atoms with E-state index in [-0.39, 0.29) is 0 Å². The molecule has 2 aromatic heterocycles. The lowest BCUT2D eigenvalue weighted by Gasteiger charge is -2.30. The predicted octanol–water partition coefficient (Wildman–Crippen LogP) is 2.24. The number of aliphatic imine (C=N–C) groups is 1. The van der Waals surface area contributed by atoms with Crippen molar-refractivity contribution in [3.63, 3.8) is 0 Å². The summed E-state index contributed by atoms with van der Waals surface area (Å²) in [6, 6.07) is 3.66. The zero-order valence-electron chi connectivity index (χ0n) is 16.4. The highest BCUT2D eigenvalue weighted by Crippen LogP contribution is 2.16. The monoisotopic (exact) mass is 373 g/mol. The smallest absolute Gasteiger partial charge is 0.216 e. The molecule has 3 N–H and O–H groups in total. The molecule has 27 heavy (non-hydrogen) atoms. The number of guanidine groups is 1. The Kier molecular flexibility index (Phi) is 7.27. The SMILES string of the molecule is CCNC(=NCc1nc(-c2ccco2)n[nH]1)NCCCN1CCC(C)CC1. The molecule has 3 rings (SSSR count). The van der Waals surface area contributed by atoms with E-state index in [0.29, 0.717) is 24.0 Å². The molecular weight excluding hydrogens is 342 g/mol. The Morgan fingerprint density at radius 2 is 2.22 bits per heavy atom. The molecule has 1 fully saturated rings. The number of furan rings is 1. The van der Waals surface area contributed by atoms with Crippen LogP contribution in [0.2, 0.25) is 0 Å². The van der Waals surface area contributed by atoms with E-state index < -0.39 is 0 Å². The molecule has 3 heterocycles. The summed E-state index contributed by atoms with van der Waals surface area (Å²) in [4.78, 5) is 11.6. The molecule has 0 aliphatic carbocycles. The minimum absolute atomic E-state index is 0.438. The highest BCUT2D eigenvalue weighted by Gasteiger charge is 2.14. The van der Waals surface area contributed by atoms with Crippen LogP contribution in [0.1, 0.15) is 38.9 Å². The van der Waals surface area contributed by atoms with Gasteiger partial charge in [0.1, 0.15) is 12.4 Å². The zero-order valence-corrected chi connectivity index (χ0v) is 16.4. The Morgan fingerprint density at radius 1 is 1.37 bits per heavy atom. The summed E-state index contributed by atoms with van der Waals surface area (Å²) in [5, 5.41) is 13.8. The van der Waals surface area contributed by atoms with Crippen LogP contribution in [0.4, 0.5) is 0 Å². The molecule has 1 saturated heterocycles. The van der Waals surface area contributed by atoms with Gasteiger partial charge in [-0.2, -0.15) is 0 Å². The lowest BCUT2D eigenvalue weighted by molar-refractivity contribution is 0.191. The van der Waals surface area contributed by atoms with Crippen LogP contribution in [0.5, 0.6) is 0 Å². The van der Waals surface area contributed by atoms with Crippen molar-refractivity contribution in [1.82, 2.24) is 30.7 Å². The quantitative estimate of drug-likeness (QED) is 0.373. The van der Waals surface area contributed by atoms with Gasteiger partial charge in [0, 0.05) is 13.1 Å². The first-order chi connectivity index (χ1) is 13.2. The maximum absolute atomic E-state index is 5.31. The van der Waals surface area contributed by atoms with Gasteiger partial charge >= 0.3 is 0 Å². The standard InChI is InChI=1S/C19H31N7O/c1-3-20-19(21-9-5-10-26-11-7-15(2)8-12-26)22-14-17-23-18(25-24-17)16-6-4-13-27-16/h4,6,13,15H,3,5,7-12,14H2,1-2H3,(H2,20,21,22)(H,23,24,25). The van der Waals surface area contributed by atoms with Crippen molar-refractivity contribution in [2.24, 2.45) is 10.9 Å². The average Bonchev–Trinajstić information content (AvgIpc) is 3.36. The number of nitrogens with one attached hydrogen (secondary N) is 3. The summed E-state index contributed by atoms with van der Waals surface area (Å²) >= 11 is 0. The second kappa shape index (κ2) is 10.1. The largest absolute Gasteiger partial charge is 0.461 e. The molecule has 0 amide bonds. The number of piperidine rings is 1. The van der Waals surface area contributed by atoms with E-state index in [1.165, 1.54) is 25.9 Å². The minimum Gasteiger partial charge on any atom is -0.461 e. The van der Waals surface area contributed by atoms with Crippen LogP contribution in [0.25, 0.3) is 11.6 Å². The van der Waals surface area contributed by atoms with Gasteiger partial charge in [-0.3, -0.25) is 5.10 Å². The van der Waals surface area contributed by atoms with Crippen molar-refractivity contribution >= 4 is 5.96 Å². The van der Waals surface area contributed by atoms with Gasteiger partial charge in [0.2, 0.25) is 5.82 Å². The van der Waals surface area contributed by atoms with Crippen LogP contribution in [0, 0.1) is 5.92 Å². The number of rotatable bonds is 8. The summed E-state index contributed by atoms with van der Waals surface area (Å²) in [5.41, 5.74) is 0. The van der Waals surface area contributed by atoms with Gasteiger partial charge < -0.3 is 20.0 Å². The number of likely N-dealkylation sites (tertiary alicyclic amines) is 1. The van der Waals surface area contributed by atoms with E-state index in [1.54, 1.807) is 6.26 Å². The molecule has 0 radical (unpaired) electrons. The fourth-order valence-electron chi connectivity index (χ4n) is 3.17. The summed E-state index contributed by atoms with van der Waals surface area (Å²) in [5.74, 6) is 3.61. The molecule has 8 nitrogen and oxygen atoms in total. The maximum atomic E-state index is 5.31. The van der Waals surface area contributed by atoms with Gasteiger partial charge in [-0.1, -0.05) is 6.92 Å². The van der Waals surface area contributed by atoms with Crippen molar-refractivity contribution in [2.45, 2.75) is 39.7 Å². The Hall–Kier alpha value is -2.35. The van der Waals surface area contributed by atoms with Crippen LogP contribution >= 0.6 is 0 Å². The first-order valence-corrected chi connectivity index (χ1v) is 9.94. The van der Waals surface area contributed by atoms with Gasteiger partial charge in [-0.05, 0) is 63.9 Å². The number of aromatic nitrogens is 3. The Labute approximate surface area is 160 Å². The Morgan fingerprint density at radius 3 is 2.96 bits per heavy atom. The minimum atomic E-state index is 0.438. The molecule has 0 spiro atoms. The number of hydrogen-bond acceptors (Lipinski definition) is 5. The van der Waals surface area contributed by atoms with Crippen molar-refractivity contribution in [3.05, 3.63) is 24.2 Å². The second-order valence-electron chi connectivity index (χ2n) is 7.08. The summed E-state index contributed by atoms with van der Waals surface area (Å²) in [7, 11) is 0. The van der Waals surface area contributed by atoms with Gasteiger partial charge in [-0.25, -0.2) is 9.98 Å². The fraction of sp³-hybridized carbons (Fsp3) is 0.632. The highest BCUT2D eigenvalue weighted by atomic mass is 16.3. The molecule has 8 heteroatoms. The van der Waals surface area contributed by atoms with Gasteiger partial charge in [0.25, 0.3) is 0 Å². The van der Waals surface area contributed by atoms with Crippen molar-refractivity contribution in [3.8, 4) is 11.6 Å². The van der Waals surface area contributed by atoms with Crippen LogP contribution in [-0.4, -0.2) is 58.8 Å². The zero-order chi connectivity index (χ0) is 18.9. The predicted molar refractivity (Wildman–Crippen MR) is 106 cm³/mol. The van der Waals surface area contributed by atoms with E-state index in [0.717, 1.165) is 37.9 Å². The number of aromatic amines is 1. The Bertz CT molecular complexity index is 687.